The molecule has 1 aliphatic rings. The van der Waals surface area contributed by atoms with Gasteiger partial charge in [-0.3, -0.25) is 0 Å². The van der Waals surface area contributed by atoms with Crippen molar-refractivity contribution in [2.45, 2.75) is 18.1 Å². The molecule has 3 N–H and O–H groups in total. The summed E-state index contributed by atoms with van der Waals surface area (Å²) in [6.07, 6.45) is -0.882. The summed E-state index contributed by atoms with van der Waals surface area (Å²) in [6, 6.07) is 9.72. The number of hydrogen-bond donors (Lipinski definition) is 3. The highest BCUT2D eigenvalue weighted by Crippen LogP contribution is 2.44. The van der Waals surface area contributed by atoms with E-state index in [0.29, 0.717) is 22.8 Å². The van der Waals surface area contributed by atoms with Crippen molar-refractivity contribution in [3.8, 4) is 23.0 Å². The number of phenols is 1. The first-order valence-corrected chi connectivity index (χ1v) is 7.54. The van der Waals surface area contributed by atoms with Gasteiger partial charge in [0, 0.05) is 12.5 Å². The minimum Gasteiger partial charge on any atom is -0.508 e. The van der Waals surface area contributed by atoms with Gasteiger partial charge in [0.05, 0.1) is 14.2 Å². The summed E-state index contributed by atoms with van der Waals surface area (Å²) in [6.45, 7) is -0.114. The van der Waals surface area contributed by atoms with Crippen molar-refractivity contribution in [1.82, 2.24) is 0 Å². The van der Waals surface area contributed by atoms with Crippen LogP contribution in [0.15, 0.2) is 36.4 Å². The molecule has 128 valence electrons. The maximum absolute atomic E-state index is 10.8. The lowest BCUT2D eigenvalue weighted by atomic mass is 9.99. The number of fused-ring (bicyclic) bond motifs is 1. The molecular weight excluding hydrogens is 312 g/mol. The SMILES string of the molecule is COc1cc2c(cc1OC)C(O)C(O)(COc1cccc(O)c1)C2. The number of hydrogen-bond acceptors (Lipinski definition) is 6. The summed E-state index contributed by atoms with van der Waals surface area (Å²) in [5.41, 5.74) is -0.0950. The van der Waals surface area contributed by atoms with Crippen LogP contribution in [0.2, 0.25) is 0 Å². The van der Waals surface area contributed by atoms with Crippen LogP contribution >= 0.6 is 0 Å². The van der Waals surface area contributed by atoms with Crippen LogP contribution in [-0.2, 0) is 6.42 Å². The fraction of sp³-hybridized carbons (Fsp3) is 0.333. The lowest BCUT2D eigenvalue weighted by molar-refractivity contribution is -0.0894. The molecule has 0 aromatic heterocycles. The molecule has 2 unspecified atom stereocenters. The molecular formula is C18H20O6. The van der Waals surface area contributed by atoms with Crippen molar-refractivity contribution < 1.29 is 29.5 Å². The standard InChI is InChI=1S/C18H20O6/c1-22-15-6-11-9-18(21,17(20)14(11)8-16(15)23-2)10-24-13-5-3-4-12(19)7-13/h3-8,17,19-21H,9-10H2,1-2H3. The van der Waals surface area contributed by atoms with E-state index in [4.69, 9.17) is 14.2 Å². The molecule has 0 saturated heterocycles. The molecule has 0 bridgehead atoms. The van der Waals surface area contributed by atoms with Gasteiger partial charge >= 0.3 is 0 Å². The van der Waals surface area contributed by atoms with Gasteiger partial charge in [0.15, 0.2) is 11.5 Å². The minimum atomic E-state index is -1.47. The van der Waals surface area contributed by atoms with Crippen LogP contribution in [-0.4, -0.2) is 41.7 Å². The predicted molar refractivity (Wildman–Crippen MR) is 86.8 cm³/mol. The molecule has 0 spiro atoms. The average Bonchev–Trinajstić information content (AvgIpc) is 2.83. The van der Waals surface area contributed by atoms with E-state index in [1.54, 1.807) is 24.3 Å². The zero-order valence-corrected chi connectivity index (χ0v) is 13.5. The van der Waals surface area contributed by atoms with Gasteiger partial charge < -0.3 is 29.5 Å². The zero-order valence-electron chi connectivity index (χ0n) is 13.5. The Bertz CT molecular complexity index is 744. The van der Waals surface area contributed by atoms with Gasteiger partial charge in [-0.25, -0.2) is 0 Å². The molecule has 0 saturated carbocycles. The molecule has 0 radical (unpaired) electrons. The van der Waals surface area contributed by atoms with Crippen molar-refractivity contribution in [2.24, 2.45) is 0 Å². The highest BCUT2D eigenvalue weighted by Gasteiger charge is 2.45. The lowest BCUT2D eigenvalue weighted by Gasteiger charge is -2.26. The molecule has 2 atom stereocenters. The van der Waals surface area contributed by atoms with Gasteiger partial charge in [-0.05, 0) is 35.4 Å². The van der Waals surface area contributed by atoms with Gasteiger partial charge in [-0.1, -0.05) is 6.07 Å². The van der Waals surface area contributed by atoms with Crippen molar-refractivity contribution >= 4 is 0 Å². The van der Waals surface area contributed by atoms with E-state index in [1.807, 2.05) is 0 Å². The molecule has 0 heterocycles. The third-order valence-electron chi connectivity index (χ3n) is 4.25. The fourth-order valence-corrected chi connectivity index (χ4v) is 2.97. The molecule has 2 aromatic carbocycles. The highest BCUT2D eigenvalue weighted by molar-refractivity contribution is 5.51. The minimum absolute atomic E-state index is 0.0734. The molecule has 0 amide bonds. The van der Waals surface area contributed by atoms with Gasteiger partial charge in [0.2, 0.25) is 0 Å². The Morgan fingerprint density at radius 3 is 2.50 bits per heavy atom. The number of aliphatic hydroxyl groups excluding tert-OH is 1. The number of aromatic hydroxyl groups is 1. The normalized spacial score (nSPS) is 22.1. The van der Waals surface area contributed by atoms with E-state index < -0.39 is 11.7 Å². The average molecular weight is 332 g/mol. The van der Waals surface area contributed by atoms with Crippen LogP contribution < -0.4 is 14.2 Å². The number of phenolic OH excluding ortho intramolecular Hbond substituents is 1. The van der Waals surface area contributed by atoms with Gasteiger partial charge in [0.1, 0.15) is 29.8 Å². The van der Waals surface area contributed by atoms with Crippen molar-refractivity contribution in [2.75, 3.05) is 20.8 Å². The largest absolute Gasteiger partial charge is 0.508 e. The Labute approximate surface area is 139 Å². The van der Waals surface area contributed by atoms with Gasteiger partial charge in [0.25, 0.3) is 0 Å². The predicted octanol–water partition coefficient (Wildman–Crippen LogP) is 1.81. The Balaban J connectivity index is 1.82. The first kappa shape index (κ1) is 16.4. The van der Waals surface area contributed by atoms with Crippen LogP contribution in [0.25, 0.3) is 0 Å². The molecule has 2 aromatic rings. The second kappa shape index (κ2) is 6.22. The first-order valence-electron chi connectivity index (χ1n) is 7.54. The van der Waals surface area contributed by atoms with E-state index >= 15 is 0 Å². The topological polar surface area (TPSA) is 88.4 Å². The second-order valence-electron chi connectivity index (χ2n) is 5.87. The number of methoxy groups -OCH3 is 2. The third-order valence-corrected chi connectivity index (χ3v) is 4.25. The smallest absolute Gasteiger partial charge is 0.161 e. The van der Waals surface area contributed by atoms with Gasteiger partial charge in [-0.15, -0.1) is 0 Å². The number of rotatable bonds is 5. The maximum Gasteiger partial charge on any atom is 0.161 e. The molecule has 0 fully saturated rings. The molecule has 24 heavy (non-hydrogen) atoms. The van der Waals surface area contributed by atoms with Crippen molar-refractivity contribution in [3.05, 3.63) is 47.5 Å². The van der Waals surface area contributed by atoms with Crippen LogP contribution in [0.1, 0.15) is 17.2 Å². The van der Waals surface area contributed by atoms with Crippen LogP contribution in [0, 0.1) is 0 Å². The summed E-state index contributed by atoms with van der Waals surface area (Å²) >= 11 is 0. The molecule has 3 rings (SSSR count). The highest BCUT2D eigenvalue weighted by atomic mass is 16.5. The summed E-state index contributed by atoms with van der Waals surface area (Å²) in [7, 11) is 3.05. The molecule has 6 heteroatoms. The maximum atomic E-state index is 10.8. The number of benzene rings is 2. The quantitative estimate of drug-likeness (QED) is 0.774. The van der Waals surface area contributed by atoms with Gasteiger partial charge in [-0.2, -0.15) is 0 Å². The van der Waals surface area contributed by atoms with E-state index in [9.17, 15) is 15.3 Å². The van der Waals surface area contributed by atoms with E-state index in [1.165, 1.54) is 26.4 Å². The van der Waals surface area contributed by atoms with Crippen LogP contribution in [0.4, 0.5) is 0 Å². The lowest BCUT2D eigenvalue weighted by Crippen LogP contribution is -2.40. The summed E-state index contributed by atoms with van der Waals surface area (Å²) in [5, 5.41) is 30.8. The van der Waals surface area contributed by atoms with Crippen molar-refractivity contribution in [3.63, 3.8) is 0 Å². The Morgan fingerprint density at radius 1 is 1.12 bits per heavy atom. The summed E-state index contributed by atoms with van der Waals surface area (Å²) in [5.74, 6) is 1.53. The van der Waals surface area contributed by atoms with E-state index in [0.717, 1.165) is 5.56 Å². The zero-order chi connectivity index (χ0) is 17.3. The molecule has 0 aliphatic heterocycles. The number of ether oxygens (including phenoxy) is 3. The molecule has 1 aliphatic carbocycles. The molecule has 6 nitrogen and oxygen atoms in total. The second-order valence-corrected chi connectivity index (χ2v) is 5.87. The Morgan fingerprint density at radius 2 is 1.83 bits per heavy atom. The summed E-state index contributed by atoms with van der Waals surface area (Å²) in [4.78, 5) is 0. The summed E-state index contributed by atoms with van der Waals surface area (Å²) < 4.78 is 16.1. The van der Waals surface area contributed by atoms with E-state index in [2.05, 4.69) is 0 Å². The Hall–Kier alpha value is -2.44. The van der Waals surface area contributed by atoms with Crippen LogP contribution in [0.5, 0.6) is 23.0 Å². The van der Waals surface area contributed by atoms with Crippen molar-refractivity contribution in [1.29, 1.82) is 0 Å². The Kier molecular flexibility index (Phi) is 4.26. The third kappa shape index (κ3) is 2.86. The number of aliphatic hydroxyl groups is 2. The monoisotopic (exact) mass is 332 g/mol. The fourth-order valence-electron chi connectivity index (χ4n) is 2.97. The van der Waals surface area contributed by atoms with Crippen LogP contribution in [0.3, 0.4) is 0 Å². The first-order chi connectivity index (χ1) is 11.5. The van der Waals surface area contributed by atoms with E-state index in [-0.39, 0.29) is 18.8 Å².